The molecule has 0 saturated heterocycles. The van der Waals surface area contributed by atoms with Crippen molar-refractivity contribution in [1.29, 1.82) is 0 Å². The van der Waals surface area contributed by atoms with Gasteiger partial charge in [-0.2, -0.15) is 0 Å². The third-order valence-electron chi connectivity index (χ3n) is 2.87. The Balaban J connectivity index is 2.00. The van der Waals surface area contributed by atoms with E-state index in [9.17, 15) is 4.39 Å². The van der Waals surface area contributed by atoms with E-state index in [1.54, 1.807) is 12.1 Å². The molecular weight excluding hydrogens is 201 g/mol. The van der Waals surface area contributed by atoms with Gasteiger partial charge >= 0.3 is 0 Å². The van der Waals surface area contributed by atoms with Gasteiger partial charge in [-0.3, -0.25) is 0 Å². The highest BCUT2D eigenvalue weighted by Crippen LogP contribution is 2.19. The normalized spacial score (nSPS) is 16.5. The number of hydrogen-bond acceptors (Lipinski definition) is 1. The Hall–Kier alpha value is -1.15. The average molecular weight is 219 g/mol. The minimum absolute atomic E-state index is 0.167. The van der Waals surface area contributed by atoms with Crippen LogP contribution in [0, 0.1) is 5.82 Å². The highest BCUT2D eigenvalue weighted by molar-refractivity contribution is 5.53. The molecule has 0 bridgehead atoms. The first-order valence-corrected chi connectivity index (χ1v) is 5.96. The second kappa shape index (κ2) is 5.26. The van der Waals surface area contributed by atoms with Gasteiger partial charge in [0.1, 0.15) is 5.82 Å². The van der Waals surface area contributed by atoms with Crippen molar-refractivity contribution >= 4 is 6.08 Å². The van der Waals surface area contributed by atoms with Crippen LogP contribution >= 0.6 is 0 Å². The van der Waals surface area contributed by atoms with Crippen molar-refractivity contribution in [2.75, 3.05) is 6.54 Å². The molecular formula is C14H18FN. The molecule has 0 aromatic heterocycles. The molecule has 2 heteroatoms. The van der Waals surface area contributed by atoms with Gasteiger partial charge in [0.15, 0.2) is 0 Å². The van der Waals surface area contributed by atoms with Crippen LogP contribution in [0.5, 0.6) is 0 Å². The van der Waals surface area contributed by atoms with E-state index in [-0.39, 0.29) is 5.82 Å². The van der Waals surface area contributed by atoms with Crippen molar-refractivity contribution in [2.24, 2.45) is 0 Å². The molecule has 1 aliphatic rings. The molecule has 1 fully saturated rings. The van der Waals surface area contributed by atoms with Gasteiger partial charge in [-0.25, -0.2) is 4.39 Å². The minimum atomic E-state index is -0.167. The lowest BCUT2D eigenvalue weighted by molar-refractivity contribution is 0.627. The second-order valence-corrected chi connectivity index (χ2v) is 4.37. The maximum Gasteiger partial charge on any atom is 0.123 e. The van der Waals surface area contributed by atoms with Crippen LogP contribution in [0.2, 0.25) is 0 Å². The monoisotopic (exact) mass is 219 g/mol. The van der Waals surface area contributed by atoms with Crippen LogP contribution in [-0.2, 0) is 0 Å². The van der Waals surface area contributed by atoms with Crippen LogP contribution < -0.4 is 5.32 Å². The molecule has 2 rings (SSSR count). The van der Waals surface area contributed by atoms with Gasteiger partial charge < -0.3 is 5.32 Å². The fraction of sp³-hybridized carbons (Fsp3) is 0.429. The molecule has 1 nitrogen and oxygen atoms in total. The molecule has 0 spiro atoms. The molecule has 1 N–H and O–H groups in total. The molecule has 86 valence electrons. The van der Waals surface area contributed by atoms with Crippen molar-refractivity contribution in [3.63, 3.8) is 0 Å². The Bertz CT molecular complexity index is 380. The minimum Gasteiger partial charge on any atom is -0.310 e. The van der Waals surface area contributed by atoms with Gasteiger partial charge in [0.25, 0.3) is 0 Å². The Morgan fingerprint density at radius 3 is 2.94 bits per heavy atom. The topological polar surface area (TPSA) is 12.0 Å². The van der Waals surface area contributed by atoms with Gasteiger partial charge in [0.2, 0.25) is 0 Å². The van der Waals surface area contributed by atoms with Crippen molar-refractivity contribution in [1.82, 2.24) is 5.32 Å². The van der Waals surface area contributed by atoms with Crippen molar-refractivity contribution in [3.05, 3.63) is 41.2 Å². The van der Waals surface area contributed by atoms with Gasteiger partial charge in [0, 0.05) is 12.6 Å². The zero-order valence-corrected chi connectivity index (χ0v) is 9.67. The molecule has 0 unspecified atom stereocenters. The van der Waals surface area contributed by atoms with Crippen LogP contribution in [-0.4, -0.2) is 12.6 Å². The van der Waals surface area contributed by atoms with E-state index in [0.29, 0.717) is 0 Å². The lowest BCUT2D eigenvalue weighted by Crippen LogP contribution is -2.18. The molecule has 0 atom stereocenters. The Morgan fingerprint density at radius 2 is 2.31 bits per heavy atom. The third kappa shape index (κ3) is 3.46. The summed E-state index contributed by atoms with van der Waals surface area (Å²) in [4.78, 5) is 0. The summed E-state index contributed by atoms with van der Waals surface area (Å²) in [5.74, 6) is -0.167. The molecule has 1 aliphatic carbocycles. The molecule has 16 heavy (non-hydrogen) atoms. The zero-order valence-electron chi connectivity index (χ0n) is 9.67. The van der Waals surface area contributed by atoms with E-state index in [1.165, 1.54) is 24.5 Å². The predicted octanol–water partition coefficient (Wildman–Crippen LogP) is 3.37. The predicted molar refractivity (Wildman–Crippen MR) is 65.7 cm³/mol. The summed E-state index contributed by atoms with van der Waals surface area (Å²) in [5, 5.41) is 3.48. The lowest BCUT2D eigenvalue weighted by Gasteiger charge is -2.06. The number of halogens is 1. The first kappa shape index (κ1) is 11.3. The van der Waals surface area contributed by atoms with Crippen molar-refractivity contribution < 1.29 is 4.39 Å². The summed E-state index contributed by atoms with van der Waals surface area (Å²) in [6.07, 6.45) is 5.70. The molecule has 1 saturated carbocycles. The smallest absolute Gasteiger partial charge is 0.123 e. The molecule has 0 heterocycles. The van der Waals surface area contributed by atoms with E-state index in [1.807, 2.05) is 6.07 Å². The third-order valence-corrected chi connectivity index (χ3v) is 2.87. The first-order valence-electron chi connectivity index (χ1n) is 5.96. The van der Waals surface area contributed by atoms with Gasteiger partial charge in [0.05, 0.1) is 0 Å². The van der Waals surface area contributed by atoms with Crippen LogP contribution in [0.1, 0.15) is 31.7 Å². The molecule has 0 radical (unpaired) electrons. The Labute approximate surface area is 96.4 Å². The highest BCUT2D eigenvalue weighted by atomic mass is 19.1. The van der Waals surface area contributed by atoms with E-state index in [4.69, 9.17) is 0 Å². The standard InChI is InChI=1S/C14H18FN/c1-2-11(10-16-14-6-7-14)8-12-4-3-5-13(15)9-12/h3-5,8-9,14,16H,2,6-7,10H2,1H3. The van der Waals surface area contributed by atoms with Crippen LogP contribution in [0.4, 0.5) is 4.39 Å². The van der Waals surface area contributed by atoms with Gasteiger partial charge in [-0.05, 0) is 37.0 Å². The molecule has 0 aliphatic heterocycles. The summed E-state index contributed by atoms with van der Waals surface area (Å²) in [7, 11) is 0. The quantitative estimate of drug-likeness (QED) is 0.800. The first-order chi connectivity index (χ1) is 7.78. The number of benzene rings is 1. The summed E-state index contributed by atoms with van der Waals surface area (Å²) < 4.78 is 13.0. The molecule has 1 aromatic carbocycles. The van der Waals surface area contributed by atoms with Crippen LogP contribution in [0.3, 0.4) is 0 Å². The van der Waals surface area contributed by atoms with Gasteiger partial charge in [-0.15, -0.1) is 0 Å². The average Bonchev–Trinajstić information content (AvgIpc) is 3.08. The number of hydrogen-bond donors (Lipinski definition) is 1. The Kier molecular flexibility index (Phi) is 3.73. The lowest BCUT2D eigenvalue weighted by atomic mass is 10.1. The number of nitrogens with one attached hydrogen (secondary N) is 1. The molecule has 0 amide bonds. The summed E-state index contributed by atoms with van der Waals surface area (Å²) in [6.45, 7) is 3.07. The fourth-order valence-electron chi connectivity index (χ4n) is 1.67. The summed E-state index contributed by atoms with van der Waals surface area (Å²) >= 11 is 0. The number of rotatable bonds is 5. The van der Waals surface area contributed by atoms with E-state index >= 15 is 0 Å². The maximum absolute atomic E-state index is 13.0. The summed E-state index contributed by atoms with van der Waals surface area (Å²) in [6, 6.07) is 7.47. The molecule has 1 aromatic rings. The fourth-order valence-corrected chi connectivity index (χ4v) is 1.67. The highest BCUT2D eigenvalue weighted by Gasteiger charge is 2.19. The van der Waals surface area contributed by atoms with Crippen molar-refractivity contribution in [2.45, 2.75) is 32.2 Å². The maximum atomic E-state index is 13.0. The Morgan fingerprint density at radius 1 is 1.50 bits per heavy atom. The van der Waals surface area contributed by atoms with E-state index in [0.717, 1.165) is 24.6 Å². The van der Waals surface area contributed by atoms with Crippen molar-refractivity contribution in [3.8, 4) is 0 Å². The summed E-state index contributed by atoms with van der Waals surface area (Å²) in [5.41, 5.74) is 2.28. The van der Waals surface area contributed by atoms with Gasteiger partial charge in [-0.1, -0.05) is 30.7 Å². The zero-order chi connectivity index (χ0) is 11.4. The van der Waals surface area contributed by atoms with E-state index in [2.05, 4.69) is 18.3 Å². The largest absolute Gasteiger partial charge is 0.310 e. The van der Waals surface area contributed by atoms with Crippen LogP contribution in [0.15, 0.2) is 29.8 Å². The van der Waals surface area contributed by atoms with E-state index < -0.39 is 0 Å². The van der Waals surface area contributed by atoms with Crippen LogP contribution in [0.25, 0.3) is 6.08 Å². The second-order valence-electron chi connectivity index (χ2n) is 4.37. The SMILES string of the molecule is CCC(=Cc1cccc(F)c1)CNC1CC1.